The molecule has 2 N–H and O–H groups in total. The fourth-order valence-corrected chi connectivity index (χ4v) is 4.42. The second-order valence-electron chi connectivity index (χ2n) is 6.74. The molecule has 2 aliphatic rings. The minimum atomic E-state index is 0.933. The fourth-order valence-electron chi connectivity index (χ4n) is 3.18. The van der Waals surface area contributed by atoms with E-state index < -0.39 is 0 Å². The van der Waals surface area contributed by atoms with Crippen LogP contribution in [-0.2, 0) is 6.42 Å². The van der Waals surface area contributed by atoms with Crippen LogP contribution >= 0.6 is 24.4 Å². The summed E-state index contributed by atoms with van der Waals surface area (Å²) in [5.74, 6) is 1.24. The van der Waals surface area contributed by atoms with Gasteiger partial charge in [-0.05, 0) is 86.0 Å². The lowest BCUT2D eigenvalue weighted by Gasteiger charge is -2.17. The monoisotopic (exact) mass is 384 g/mol. The van der Waals surface area contributed by atoms with Gasteiger partial charge in [0.25, 0.3) is 0 Å². The largest absolute Gasteiger partial charge is 0.355 e. The van der Waals surface area contributed by atoms with E-state index in [1.54, 1.807) is 0 Å². The number of rotatable bonds is 3. The second-order valence-corrected chi connectivity index (χ2v) is 8.39. The van der Waals surface area contributed by atoms with Crippen LogP contribution in [0.1, 0.15) is 36.8 Å². The van der Waals surface area contributed by atoms with Gasteiger partial charge in [-0.2, -0.15) is 0 Å². The molecule has 2 aromatic rings. The van der Waals surface area contributed by atoms with Crippen molar-refractivity contribution in [3.05, 3.63) is 60.2 Å². The lowest BCUT2D eigenvalue weighted by atomic mass is 10.0. The minimum Gasteiger partial charge on any atom is -0.355 e. The van der Waals surface area contributed by atoms with Crippen LogP contribution < -0.4 is 10.6 Å². The maximum absolute atomic E-state index is 4.36. The van der Waals surface area contributed by atoms with E-state index in [1.165, 1.54) is 61.4 Å². The first-order valence-electron chi connectivity index (χ1n) is 9.44. The highest BCUT2D eigenvalue weighted by molar-refractivity contribution is 7.99. The molecule has 26 heavy (non-hydrogen) atoms. The lowest BCUT2D eigenvalue weighted by Crippen LogP contribution is -2.21. The molecule has 1 saturated heterocycles. The normalized spacial score (nSPS) is 16.0. The van der Waals surface area contributed by atoms with Gasteiger partial charge in [0.1, 0.15) is 0 Å². The first kappa shape index (κ1) is 19.4. The van der Waals surface area contributed by atoms with Gasteiger partial charge in [-0.3, -0.25) is 0 Å². The molecule has 4 rings (SSSR count). The Balaban J connectivity index is 0.000000278. The molecular formula is C22H28N2S2. The number of fused-ring (bicyclic) bond motifs is 1. The van der Waals surface area contributed by atoms with Crippen molar-refractivity contribution in [2.45, 2.75) is 41.9 Å². The summed E-state index contributed by atoms with van der Waals surface area (Å²) in [6.07, 6.45) is 6.66. The van der Waals surface area contributed by atoms with E-state index in [2.05, 4.69) is 48.0 Å². The number of benzene rings is 2. The maximum Gasteiger partial charge on any atom is 0.0395 e. The number of nitrogens with one attached hydrogen (secondary N) is 2. The summed E-state index contributed by atoms with van der Waals surface area (Å²) in [6.45, 7) is 6.66. The fraction of sp³-hybridized carbons (Fsp3) is 0.364. The molecular weight excluding hydrogens is 356 g/mol. The van der Waals surface area contributed by atoms with Gasteiger partial charge < -0.3 is 10.6 Å². The van der Waals surface area contributed by atoms with Crippen LogP contribution in [0.25, 0.3) is 5.70 Å². The van der Waals surface area contributed by atoms with Crippen LogP contribution in [0, 0.1) is 0 Å². The summed E-state index contributed by atoms with van der Waals surface area (Å²) < 4.78 is 0. The molecule has 1 fully saturated rings. The molecule has 4 heteroatoms. The average molecular weight is 385 g/mol. The van der Waals surface area contributed by atoms with Gasteiger partial charge in [-0.15, -0.1) is 24.4 Å². The van der Waals surface area contributed by atoms with Crippen molar-refractivity contribution in [2.75, 3.05) is 24.2 Å². The van der Waals surface area contributed by atoms with Crippen LogP contribution in [0.5, 0.6) is 0 Å². The summed E-state index contributed by atoms with van der Waals surface area (Å²) in [5, 5.41) is 6.64. The molecule has 0 aliphatic carbocycles. The van der Waals surface area contributed by atoms with Crippen molar-refractivity contribution in [1.82, 2.24) is 5.32 Å². The molecule has 0 amide bonds. The first-order valence-corrected chi connectivity index (χ1v) is 10.9. The summed E-state index contributed by atoms with van der Waals surface area (Å²) in [7, 11) is 0. The molecule has 2 nitrogen and oxygen atoms in total. The van der Waals surface area contributed by atoms with Gasteiger partial charge >= 0.3 is 0 Å². The predicted octanol–water partition coefficient (Wildman–Crippen LogP) is 5.86. The van der Waals surface area contributed by atoms with E-state index in [4.69, 9.17) is 0 Å². The van der Waals surface area contributed by atoms with Gasteiger partial charge in [0.15, 0.2) is 0 Å². The van der Waals surface area contributed by atoms with Crippen molar-refractivity contribution in [1.29, 1.82) is 0 Å². The van der Waals surface area contributed by atoms with Crippen molar-refractivity contribution in [2.24, 2.45) is 0 Å². The number of thioether (sulfide) groups is 1. The summed E-state index contributed by atoms with van der Waals surface area (Å²) in [6, 6.07) is 14.6. The summed E-state index contributed by atoms with van der Waals surface area (Å²) in [5.41, 5.74) is 4.57. The van der Waals surface area contributed by atoms with Gasteiger partial charge in [0.2, 0.25) is 0 Å². The molecule has 0 aromatic heterocycles. The Morgan fingerprint density at radius 3 is 2.58 bits per heavy atom. The van der Waals surface area contributed by atoms with Crippen LogP contribution in [0.15, 0.2) is 58.8 Å². The highest BCUT2D eigenvalue weighted by Crippen LogP contribution is 2.32. The third kappa shape index (κ3) is 5.83. The maximum atomic E-state index is 4.36. The zero-order valence-corrected chi connectivity index (χ0v) is 17.0. The number of thiol groups is 1. The molecule has 2 heterocycles. The lowest BCUT2D eigenvalue weighted by molar-refractivity contribution is 0.520. The molecule has 2 aromatic carbocycles. The van der Waals surface area contributed by atoms with Crippen molar-refractivity contribution >= 4 is 35.8 Å². The van der Waals surface area contributed by atoms with Crippen LogP contribution in [0.3, 0.4) is 0 Å². The number of hydrogen-bond acceptors (Lipinski definition) is 4. The van der Waals surface area contributed by atoms with Crippen molar-refractivity contribution in [3.8, 4) is 0 Å². The topological polar surface area (TPSA) is 24.1 Å². The third-order valence-corrected chi connectivity index (χ3v) is 6.09. The Hall–Kier alpha value is -1.36. The zero-order chi connectivity index (χ0) is 18.2. The van der Waals surface area contributed by atoms with E-state index in [1.807, 2.05) is 36.0 Å². The molecule has 138 valence electrons. The van der Waals surface area contributed by atoms with Gasteiger partial charge in [0.05, 0.1) is 0 Å². The van der Waals surface area contributed by atoms with Crippen molar-refractivity contribution < 1.29 is 0 Å². The highest BCUT2D eigenvalue weighted by atomic mass is 32.2. The Bertz CT molecular complexity index is 727. The summed E-state index contributed by atoms with van der Waals surface area (Å²) >= 11 is 6.31. The van der Waals surface area contributed by atoms with E-state index in [-0.39, 0.29) is 0 Å². The van der Waals surface area contributed by atoms with E-state index in [0.29, 0.717) is 0 Å². The van der Waals surface area contributed by atoms with Crippen molar-refractivity contribution in [3.63, 3.8) is 0 Å². The number of anilines is 1. The minimum absolute atomic E-state index is 0.933. The first-order chi connectivity index (χ1) is 12.7. The predicted molar refractivity (Wildman–Crippen MR) is 119 cm³/mol. The standard InChI is InChI=1S/C17H17NS2.C5H11N/c1-12(18-15-5-2-6-16(19)11-15)13-7-8-17-14(10-13)4-3-9-20-17;1-2-4-6-5-3-1/h2,5-8,10-11,18-19H,1,3-4,9H2;6H,1-5H2. The van der Waals surface area contributed by atoms with E-state index in [9.17, 15) is 0 Å². The van der Waals surface area contributed by atoms with Crippen LogP contribution in [0.4, 0.5) is 5.69 Å². The Morgan fingerprint density at radius 1 is 1.04 bits per heavy atom. The number of hydrogen-bond donors (Lipinski definition) is 3. The molecule has 0 unspecified atom stereocenters. The number of piperidine rings is 1. The molecule has 2 aliphatic heterocycles. The quantitative estimate of drug-likeness (QED) is 0.578. The molecule has 0 bridgehead atoms. The Labute approximate surface area is 167 Å². The average Bonchev–Trinajstić information content (AvgIpc) is 2.69. The zero-order valence-electron chi connectivity index (χ0n) is 15.3. The van der Waals surface area contributed by atoms with Crippen LogP contribution in [-0.4, -0.2) is 18.8 Å². The molecule has 0 atom stereocenters. The van der Waals surface area contributed by atoms with E-state index in [0.717, 1.165) is 21.8 Å². The molecule has 0 spiro atoms. The smallest absolute Gasteiger partial charge is 0.0395 e. The van der Waals surface area contributed by atoms with E-state index >= 15 is 0 Å². The molecule has 0 saturated carbocycles. The molecule has 0 radical (unpaired) electrons. The second kappa shape index (κ2) is 10.1. The highest BCUT2D eigenvalue weighted by Gasteiger charge is 2.11. The Morgan fingerprint density at radius 2 is 1.88 bits per heavy atom. The van der Waals surface area contributed by atoms with Crippen LogP contribution in [0.2, 0.25) is 0 Å². The van der Waals surface area contributed by atoms with Gasteiger partial charge in [0, 0.05) is 21.2 Å². The van der Waals surface area contributed by atoms with Gasteiger partial charge in [-0.25, -0.2) is 0 Å². The third-order valence-electron chi connectivity index (χ3n) is 4.61. The Kier molecular flexibility index (Phi) is 7.54. The summed E-state index contributed by atoms with van der Waals surface area (Å²) in [4.78, 5) is 2.37. The SMILES string of the molecule is C1CCNCC1.C=C(Nc1cccc(S)c1)c1ccc2c(c1)CCCS2. The number of aryl methyl sites for hydroxylation is 1. The van der Waals surface area contributed by atoms with Gasteiger partial charge in [-0.1, -0.05) is 25.1 Å².